The molecule has 0 aromatic rings. The molecule has 0 bridgehead atoms. The highest BCUT2D eigenvalue weighted by molar-refractivity contribution is 5.72. The second-order valence-corrected chi connectivity index (χ2v) is 2.19. The Bertz CT molecular complexity index is 253. The normalized spacial score (nSPS) is 7.33. The fourth-order valence-electron chi connectivity index (χ4n) is 0.461. The first kappa shape index (κ1) is 15.7. The lowest BCUT2D eigenvalue weighted by atomic mass is 10.5. The van der Waals surface area contributed by atoms with Gasteiger partial charge in [-0.2, -0.15) is 4.99 Å². The van der Waals surface area contributed by atoms with Gasteiger partial charge >= 0.3 is 5.97 Å². The number of rotatable bonds is 5. The number of esters is 1. The molecular formula is C9H14N2O4. The van der Waals surface area contributed by atoms with Crippen molar-refractivity contribution in [3.8, 4) is 0 Å². The van der Waals surface area contributed by atoms with Gasteiger partial charge in [-0.05, 0) is 13.3 Å². The number of ether oxygens (including phenoxy) is 1. The molecule has 6 nitrogen and oxygen atoms in total. The minimum absolute atomic E-state index is 0.225. The van der Waals surface area contributed by atoms with E-state index in [4.69, 9.17) is 0 Å². The molecule has 0 unspecified atom stereocenters. The molecule has 0 amide bonds. The SMILES string of the molecule is CCCN=C=O.CCOC(=O)CN=C=O. The van der Waals surface area contributed by atoms with Crippen LogP contribution < -0.4 is 0 Å². The van der Waals surface area contributed by atoms with Gasteiger partial charge in [0, 0.05) is 0 Å². The molecule has 0 aliphatic heterocycles. The van der Waals surface area contributed by atoms with E-state index in [9.17, 15) is 14.4 Å². The van der Waals surface area contributed by atoms with Crippen LogP contribution in [-0.2, 0) is 19.1 Å². The molecule has 0 aliphatic carbocycles. The smallest absolute Gasteiger partial charge is 0.328 e. The Labute approximate surface area is 88.1 Å². The van der Waals surface area contributed by atoms with Crippen LogP contribution >= 0.6 is 0 Å². The summed E-state index contributed by atoms with van der Waals surface area (Å²) in [5, 5.41) is 0. The summed E-state index contributed by atoms with van der Waals surface area (Å²) in [6.45, 7) is 4.34. The third kappa shape index (κ3) is 18.9. The van der Waals surface area contributed by atoms with Gasteiger partial charge in [0.1, 0.15) is 6.54 Å². The Morgan fingerprint density at radius 1 is 1.20 bits per heavy atom. The standard InChI is InChI=1S/C5H7NO3.C4H7NO/c1-2-9-5(8)3-6-4-7;1-2-3-5-4-6/h2-3H2,1H3;2-3H2,1H3. The zero-order chi connectivity index (χ0) is 11.9. The van der Waals surface area contributed by atoms with Crippen molar-refractivity contribution in [2.45, 2.75) is 20.3 Å². The third-order valence-electron chi connectivity index (χ3n) is 0.978. The van der Waals surface area contributed by atoms with Crippen molar-refractivity contribution in [3.05, 3.63) is 0 Å². The van der Waals surface area contributed by atoms with Gasteiger partial charge in [0.05, 0.1) is 13.2 Å². The van der Waals surface area contributed by atoms with Crippen LogP contribution in [-0.4, -0.2) is 37.8 Å². The molecule has 6 heteroatoms. The lowest BCUT2D eigenvalue weighted by molar-refractivity contribution is -0.141. The number of carbonyl (C=O) groups excluding carboxylic acids is 3. The second kappa shape index (κ2) is 14.7. The average Bonchev–Trinajstić information content (AvgIpc) is 2.25. The van der Waals surface area contributed by atoms with Crippen molar-refractivity contribution in [2.24, 2.45) is 9.98 Å². The number of nitrogens with zero attached hydrogens (tertiary/aromatic N) is 2. The Balaban J connectivity index is 0. The fraction of sp³-hybridized carbons (Fsp3) is 0.667. The topological polar surface area (TPSA) is 85.2 Å². The summed E-state index contributed by atoms with van der Waals surface area (Å²) in [5.41, 5.74) is 0. The van der Waals surface area contributed by atoms with Crippen LogP contribution in [0.3, 0.4) is 0 Å². The second-order valence-electron chi connectivity index (χ2n) is 2.19. The van der Waals surface area contributed by atoms with Crippen LogP contribution in [0.2, 0.25) is 0 Å². The predicted octanol–water partition coefficient (Wildman–Crippen LogP) is 0.617. The van der Waals surface area contributed by atoms with Crippen LogP contribution in [0.4, 0.5) is 0 Å². The van der Waals surface area contributed by atoms with Crippen molar-refractivity contribution in [1.82, 2.24) is 0 Å². The summed E-state index contributed by atoms with van der Waals surface area (Å²) in [6.07, 6.45) is 3.60. The molecule has 0 saturated heterocycles. The molecule has 0 rings (SSSR count). The zero-order valence-corrected chi connectivity index (χ0v) is 8.86. The van der Waals surface area contributed by atoms with E-state index in [1.807, 2.05) is 6.92 Å². The highest BCUT2D eigenvalue weighted by Crippen LogP contribution is 1.76. The van der Waals surface area contributed by atoms with Gasteiger partial charge in [-0.3, -0.25) is 4.79 Å². The van der Waals surface area contributed by atoms with Gasteiger partial charge in [0.2, 0.25) is 12.2 Å². The van der Waals surface area contributed by atoms with Crippen molar-refractivity contribution in [2.75, 3.05) is 19.7 Å². The van der Waals surface area contributed by atoms with E-state index in [0.717, 1.165) is 6.42 Å². The van der Waals surface area contributed by atoms with Crippen LogP contribution in [0, 0.1) is 0 Å². The maximum Gasteiger partial charge on any atom is 0.328 e. The van der Waals surface area contributed by atoms with Gasteiger partial charge in [-0.25, -0.2) is 14.6 Å². The molecule has 0 aromatic heterocycles. The fourth-order valence-corrected chi connectivity index (χ4v) is 0.461. The van der Waals surface area contributed by atoms with Crippen LogP contribution in [0.25, 0.3) is 0 Å². The first-order chi connectivity index (χ1) is 7.22. The first-order valence-corrected chi connectivity index (χ1v) is 4.45. The largest absolute Gasteiger partial charge is 0.465 e. The van der Waals surface area contributed by atoms with Crippen molar-refractivity contribution in [1.29, 1.82) is 0 Å². The number of hydrogen-bond donors (Lipinski definition) is 0. The molecule has 0 saturated carbocycles. The summed E-state index contributed by atoms with van der Waals surface area (Å²) in [7, 11) is 0. The van der Waals surface area contributed by atoms with Gasteiger partial charge in [-0.1, -0.05) is 6.92 Å². The maximum atomic E-state index is 10.3. The van der Waals surface area contributed by atoms with E-state index in [0.29, 0.717) is 13.2 Å². The van der Waals surface area contributed by atoms with E-state index < -0.39 is 5.97 Å². The minimum Gasteiger partial charge on any atom is -0.465 e. The van der Waals surface area contributed by atoms with Crippen molar-refractivity contribution < 1.29 is 19.1 Å². The molecule has 0 heterocycles. The summed E-state index contributed by atoms with van der Waals surface area (Å²) in [4.78, 5) is 35.3. The van der Waals surface area contributed by atoms with Crippen LogP contribution in [0.5, 0.6) is 0 Å². The predicted molar refractivity (Wildman–Crippen MR) is 52.9 cm³/mol. The molecule has 15 heavy (non-hydrogen) atoms. The number of hydrogen-bond acceptors (Lipinski definition) is 6. The highest BCUT2D eigenvalue weighted by atomic mass is 16.5. The summed E-state index contributed by atoms with van der Waals surface area (Å²) >= 11 is 0. The molecule has 0 radical (unpaired) electrons. The molecule has 0 fully saturated rings. The minimum atomic E-state index is -0.499. The first-order valence-electron chi connectivity index (χ1n) is 4.45. The van der Waals surface area contributed by atoms with E-state index in [-0.39, 0.29) is 6.54 Å². The lowest BCUT2D eigenvalue weighted by Crippen LogP contribution is -2.06. The average molecular weight is 214 g/mol. The summed E-state index contributed by atoms with van der Waals surface area (Å²) in [6, 6.07) is 0. The quantitative estimate of drug-likeness (QED) is 0.381. The third-order valence-corrected chi connectivity index (χ3v) is 0.978. The number of aliphatic imine (C=N–C) groups is 2. The van der Waals surface area contributed by atoms with Gasteiger partial charge < -0.3 is 4.74 Å². The Hall–Kier alpha value is -1.77. The van der Waals surface area contributed by atoms with E-state index in [1.165, 1.54) is 12.2 Å². The van der Waals surface area contributed by atoms with E-state index >= 15 is 0 Å². The number of isocyanates is 2. The van der Waals surface area contributed by atoms with Crippen LogP contribution in [0.1, 0.15) is 20.3 Å². The summed E-state index contributed by atoms with van der Waals surface area (Å²) < 4.78 is 4.43. The van der Waals surface area contributed by atoms with E-state index in [1.54, 1.807) is 6.92 Å². The molecule has 0 N–H and O–H groups in total. The van der Waals surface area contributed by atoms with Crippen molar-refractivity contribution in [3.63, 3.8) is 0 Å². The van der Waals surface area contributed by atoms with E-state index in [2.05, 4.69) is 14.7 Å². The Morgan fingerprint density at radius 2 is 1.80 bits per heavy atom. The maximum absolute atomic E-state index is 10.3. The summed E-state index contributed by atoms with van der Waals surface area (Å²) in [5.74, 6) is -0.499. The molecular weight excluding hydrogens is 200 g/mol. The number of carbonyl (C=O) groups is 1. The lowest BCUT2D eigenvalue weighted by Gasteiger charge is -1.93. The molecule has 0 aromatic carbocycles. The highest BCUT2D eigenvalue weighted by Gasteiger charge is 1.95. The molecule has 84 valence electrons. The Morgan fingerprint density at radius 3 is 2.13 bits per heavy atom. The molecule has 0 atom stereocenters. The molecule has 0 spiro atoms. The molecule has 0 aliphatic rings. The van der Waals surface area contributed by atoms with Gasteiger partial charge in [-0.15, -0.1) is 0 Å². The van der Waals surface area contributed by atoms with Gasteiger partial charge in [0.25, 0.3) is 0 Å². The van der Waals surface area contributed by atoms with Crippen LogP contribution in [0.15, 0.2) is 9.98 Å². The monoisotopic (exact) mass is 214 g/mol. The zero-order valence-electron chi connectivity index (χ0n) is 8.86. The Kier molecular flexibility index (Phi) is 15.4. The van der Waals surface area contributed by atoms with Gasteiger partial charge in [0.15, 0.2) is 0 Å². The van der Waals surface area contributed by atoms with Crippen molar-refractivity contribution >= 4 is 18.1 Å².